The number of ether oxygens (including phenoxy) is 2. The average Bonchev–Trinajstić information content (AvgIpc) is 2.71. The van der Waals surface area contributed by atoms with Gasteiger partial charge >= 0.3 is 0 Å². The van der Waals surface area contributed by atoms with Gasteiger partial charge in [0.05, 0.1) is 24.7 Å². The number of hydrogen-bond donors (Lipinski definition) is 1. The number of carbonyl (C=O) groups is 1. The summed E-state index contributed by atoms with van der Waals surface area (Å²) in [6, 6.07) is 4.45. The molecule has 2 rings (SSSR count). The number of amides is 1. The van der Waals surface area contributed by atoms with Gasteiger partial charge in [-0.1, -0.05) is 0 Å². The summed E-state index contributed by atoms with van der Waals surface area (Å²) in [6.07, 6.45) is 0.743. The molecular formula is C13H18N2O5S. The van der Waals surface area contributed by atoms with E-state index in [1.165, 1.54) is 26.2 Å². The molecule has 0 aliphatic carbocycles. The topological polar surface area (TPSA) is 84.9 Å². The zero-order valence-electron chi connectivity index (χ0n) is 12.0. The number of rotatable bonds is 4. The van der Waals surface area contributed by atoms with Gasteiger partial charge in [0, 0.05) is 26.6 Å². The molecule has 21 heavy (non-hydrogen) atoms. The van der Waals surface area contributed by atoms with Gasteiger partial charge in [-0.3, -0.25) is 4.79 Å². The minimum absolute atomic E-state index is 0.0677. The fourth-order valence-electron chi connectivity index (χ4n) is 1.85. The van der Waals surface area contributed by atoms with Crippen molar-refractivity contribution in [2.45, 2.75) is 11.3 Å². The van der Waals surface area contributed by atoms with Crippen molar-refractivity contribution in [1.82, 2.24) is 9.62 Å². The monoisotopic (exact) mass is 314 g/mol. The molecule has 0 fully saturated rings. The Labute approximate surface area is 123 Å². The third kappa shape index (κ3) is 3.45. The maximum absolute atomic E-state index is 12.4. The molecule has 1 aromatic rings. The first-order valence-corrected chi connectivity index (χ1v) is 7.95. The fourth-order valence-corrected chi connectivity index (χ4v) is 2.99. The highest BCUT2D eigenvalue weighted by Gasteiger charge is 2.24. The van der Waals surface area contributed by atoms with Crippen LogP contribution in [0.3, 0.4) is 0 Å². The van der Waals surface area contributed by atoms with Crippen molar-refractivity contribution in [1.29, 1.82) is 0 Å². The van der Waals surface area contributed by atoms with Crippen LogP contribution in [-0.2, 0) is 14.8 Å². The molecule has 1 heterocycles. The number of sulfonamides is 1. The summed E-state index contributed by atoms with van der Waals surface area (Å²) >= 11 is 0. The maximum atomic E-state index is 12.4. The predicted octanol–water partition coefficient (Wildman–Crippen LogP) is 0.214. The number of likely N-dealkylation sites (N-methyl/N-ethyl adjacent to an activating group) is 2. The lowest BCUT2D eigenvalue weighted by molar-refractivity contribution is -0.120. The van der Waals surface area contributed by atoms with Crippen LogP contribution in [0.4, 0.5) is 0 Å². The van der Waals surface area contributed by atoms with Crippen molar-refractivity contribution in [2.24, 2.45) is 0 Å². The third-order valence-corrected chi connectivity index (χ3v) is 4.87. The van der Waals surface area contributed by atoms with Crippen molar-refractivity contribution in [3.8, 4) is 11.5 Å². The Balaban J connectivity index is 2.28. The molecule has 1 N–H and O–H groups in total. The molecule has 1 amide bonds. The molecule has 0 saturated heterocycles. The van der Waals surface area contributed by atoms with Crippen LogP contribution in [0.5, 0.6) is 11.5 Å². The van der Waals surface area contributed by atoms with E-state index in [1.807, 2.05) is 0 Å². The van der Waals surface area contributed by atoms with E-state index in [2.05, 4.69) is 5.32 Å². The first-order chi connectivity index (χ1) is 9.95. The molecule has 0 radical (unpaired) electrons. The molecule has 8 heteroatoms. The highest BCUT2D eigenvalue weighted by atomic mass is 32.2. The summed E-state index contributed by atoms with van der Waals surface area (Å²) in [4.78, 5) is 11.4. The largest absolute Gasteiger partial charge is 0.490 e. The second kappa shape index (κ2) is 6.31. The molecule has 1 aliphatic heterocycles. The number of hydrogen-bond acceptors (Lipinski definition) is 5. The quantitative estimate of drug-likeness (QED) is 0.859. The maximum Gasteiger partial charge on any atom is 0.243 e. The number of fused-ring (bicyclic) bond motifs is 1. The van der Waals surface area contributed by atoms with Crippen LogP contribution in [-0.4, -0.2) is 52.5 Å². The van der Waals surface area contributed by atoms with Gasteiger partial charge in [0.2, 0.25) is 15.9 Å². The van der Waals surface area contributed by atoms with Gasteiger partial charge in [-0.2, -0.15) is 4.31 Å². The summed E-state index contributed by atoms with van der Waals surface area (Å²) in [6.45, 7) is 0.771. The zero-order valence-corrected chi connectivity index (χ0v) is 12.8. The zero-order chi connectivity index (χ0) is 15.5. The van der Waals surface area contributed by atoms with E-state index in [1.54, 1.807) is 6.07 Å². The summed E-state index contributed by atoms with van der Waals surface area (Å²) in [5.41, 5.74) is 0. The SMILES string of the molecule is CNC(=O)CN(C)S(=O)(=O)c1ccc2c(c1)OCCCO2. The standard InChI is InChI=1S/C13H18N2O5S/c1-14-13(16)9-15(2)21(17,18)10-4-5-11-12(8-10)20-7-3-6-19-11/h4-5,8H,3,6-7,9H2,1-2H3,(H,14,16). The molecule has 0 aromatic heterocycles. The molecule has 1 aromatic carbocycles. The summed E-state index contributed by atoms with van der Waals surface area (Å²) in [7, 11) is -0.943. The Hall–Kier alpha value is -1.80. The second-order valence-electron chi connectivity index (χ2n) is 4.59. The number of benzene rings is 1. The molecule has 0 bridgehead atoms. The van der Waals surface area contributed by atoms with Gasteiger partial charge in [-0.15, -0.1) is 0 Å². The van der Waals surface area contributed by atoms with E-state index in [0.717, 1.165) is 10.7 Å². The molecule has 7 nitrogen and oxygen atoms in total. The van der Waals surface area contributed by atoms with Crippen molar-refractivity contribution in [3.63, 3.8) is 0 Å². The first kappa shape index (κ1) is 15.6. The molecule has 1 aliphatic rings. The van der Waals surface area contributed by atoms with Gasteiger partial charge in [0.25, 0.3) is 0 Å². The van der Waals surface area contributed by atoms with Crippen LogP contribution in [0, 0.1) is 0 Å². The molecule has 116 valence electrons. The van der Waals surface area contributed by atoms with Crippen molar-refractivity contribution >= 4 is 15.9 Å². The Kier molecular flexibility index (Phi) is 4.69. The minimum atomic E-state index is -3.75. The summed E-state index contributed by atoms with van der Waals surface area (Å²) in [5, 5.41) is 2.39. The number of nitrogens with one attached hydrogen (secondary N) is 1. The Bertz CT molecular complexity index is 629. The molecule has 0 spiro atoms. The fraction of sp³-hybridized carbons (Fsp3) is 0.462. The predicted molar refractivity (Wildman–Crippen MR) is 75.9 cm³/mol. The van der Waals surface area contributed by atoms with Crippen molar-refractivity contribution in [2.75, 3.05) is 33.9 Å². The van der Waals surface area contributed by atoms with Crippen LogP contribution in [0.1, 0.15) is 6.42 Å². The van der Waals surface area contributed by atoms with Crippen molar-refractivity contribution < 1.29 is 22.7 Å². The van der Waals surface area contributed by atoms with E-state index in [0.29, 0.717) is 24.7 Å². The third-order valence-electron chi connectivity index (χ3n) is 3.07. The van der Waals surface area contributed by atoms with E-state index >= 15 is 0 Å². The number of nitrogens with zero attached hydrogens (tertiary/aromatic N) is 1. The number of carbonyl (C=O) groups excluding carboxylic acids is 1. The Morgan fingerprint density at radius 1 is 1.29 bits per heavy atom. The highest BCUT2D eigenvalue weighted by molar-refractivity contribution is 7.89. The van der Waals surface area contributed by atoms with Gasteiger partial charge in [-0.25, -0.2) is 8.42 Å². The van der Waals surface area contributed by atoms with Crippen LogP contribution in [0.15, 0.2) is 23.1 Å². The van der Waals surface area contributed by atoms with E-state index in [-0.39, 0.29) is 17.3 Å². The van der Waals surface area contributed by atoms with E-state index < -0.39 is 10.0 Å². The Morgan fingerprint density at radius 3 is 2.62 bits per heavy atom. The molecular weight excluding hydrogens is 296 g/mol. The minimum Gasteiger partial charge on any atom is -0.490 e. The molecule has 0 unspecified atom stereocenters. The van der Waals surface area contributed by atoms with Gasteiger partial charge in [-0.05, 0) is 12.1 Å². The van der Waals surface area contributed by atoms with E-state index in [4.69, 9.17) is 9.47 Å². The lowest BCUT2D eigenvalue weighted by Gasteiger charge is -2.17. The van der Waals surface area contributed by atoms with Gasteiger partial charge in [0.1, 0.15) is 0 Å². The van der Waals surface area contributed by atoms with Crippen molar-refractivity contribution in [3.05, 3.63) is 18.2 Å². The highest BCUT2D eigenvalue weighted by Crippen LogP contribution is 2.32. The smallest absolute Gasteiger partial charge is 0.243 e. The van der Waals surface area contributed by atoms with Crippen LogP contribution < -0.4 is 14.8 Å². The lowest BCUT2D eigenvalue weighted by atomic mass is 10.3. The lowest BCUT2D eigenvalue weighted by Crippen LogP contribution is -2.36. The molecule has 0 atom stereocenters. The second-order valence-corrected chi connectivity index (χ2v) is 6.64. The van der Waals surface area contributed by atoms with Crippen LogP contribution in [0.2, 0.25) is 0 Å². The van der Waals surface area contributed by atoms with E-state index in [9.17, 15) is 13.2 Å². The van der Waals surface area contributed by atoms with Crippen LogP contribution in [0.25, 0.3) is 0 Å². The van der Waals surface area contributed by atoms with Gasteiger partial charge < -0.3 is 14.8 Å². The average molecular weight is 314 g/mol. The summed E-state index contributed by atoms with van der Waals surface area (Å²) < 4.78 is 36.7. The van der Waals surface area contributed by atoms with Gasteiger partial charge in [0.15, 0.2) is 11.5 Å². The van der Waals surface area contributed by atoms with Crippen LogP contribution >= 0.6 is 0 Å². The first-order valence-electron chi connectivity index (χ1n) is 6.51. The summed E-state index contributed by atoms with van der Waals surface area (Å²) in [5.74, 6) is 0.553. The Morgan fingerprint density at radius 2 is 1.95 bits per heavy atom. The molecule has 0 saturated carbocycles. The normalized spacial score (nSPS) is 14.6.